The normalized spacial score (nSPS) is 13.6. The second-order valence-electron chi connectivity index (χ2n) is 10.2. The van der Waals surface area contributed by atoms with Crippen molar-refractivity contribution < 1.29 is 0 Å². The molecule has 0 spiro atoms. The van der Waals surface area contributed by atoms with Crippen molar-refractivity contribution in [2.45, 2.75) is 12.8 Å². The lowest BCUT2D eigenvalue weighted by Gasteiger charge is -2.26. The largest absolute Gasteiger partial charge is 0.398 e. The first-order valence-corrected chi connectivity index (χ1v) is 12.4. The fraction of sp³-hybridized carbons (Fsp3) is 0.0588. The van der Waals surface area contributed by atoms with Crippen LogP contribution in [0, 0.1) is 0 Å². The minimum Gasteiger partial charge on any atom is -0.398 e. The topological polar surface area (TPSA) is 26.0 Å². The summed E-state index contributed by atoms with van der Waals surface area (Å²) in [5.74, 6) is 0. The molecule has 0 heterocycles. The predicted molar refractivity (Wildman–Crippen MR) is 149 cm³/mol. The van der Waals surface area contributed by atoms with E-state index in [9.17, 15) is 0 Å². The molecule has 0 unspecified atom stereocenters. The zero-order chi connectivity index (χ0) is 22.8. The standard InChI is InChI=1S/C34H21N/c35-30-7-3-6-22-24-13-15-28-25-10-8-19-16-18-4-1-2-5-21(18)23-12-14-27(33(25)31(19)23)26-11-9-20(17-29(22)30)32(24)34(26)28/h1-15H,16-17,35H2. The third-order valence-corrected chi connectivity index (χ3v) is 8.63. The molecule has 2 N–H and O–H groups in total. The molecule has 0 radical (unpaired) electrons. The van der Waals surface area contributed by atoms with Crippen LogP contribution in [0.5, 0.6) is 0 Å². The van der Waals surface area contributed by atoms with Crippen LogP contribution in [-0.2, 0) is 12.8 Å². The van der Waals surface area contributed by atoms with Gasteiger partial charge in [0.15, 0.2) is 0 Å². The summed E-state index contributed by atoms with van der Waals surface area (Å²) in [4.78, 5) is 0. The number of nitrogen functional groups attached to an aromatic ring is 1. The number of fused-ring (bicyclic) bond motifs is 6. The lowest BCUT2D eigenvalue weighted by Crippen LogP contribution is -2.06. The van der Waals surface area contributed by atoms with E-state index in [0.717, 1.165) is 18.5 Å². The quantitative estimate of drug-likeness (QED) is 0.142. The average molecular weight is 444 g/mol. The molecule has 0 atom stereocenters. The molecule has 7 aromatic rings. The summed E-state index contributed by atoms with van der Waals surface area (Å²) in [6, 6.07) is 34.1. The molecule has 2 aliphatic carbocycles. The molecule has 0 fully saturated rings. The fourth-order valence-corrected chi connectivity index (χ4v) is 7.16. The minimum absolute atomic E-state index is 0.895. The van der Waals surface area contributed by atoms with Gasteiger partial charge in [0.2, 0.25) is 0 Å². The molecule has 35 heavy (non-hydrogen) atoms. The summed E-state index contributed by atoms with van der Waals surface area (Å²) in [5.41, 5.74) is 18.2. The van der Waals surface area contributed by atoms with Gasteiger partial charge < -0.3 is 5.73 Å². The van der Waals surface area contributed by atoms with Crippen LogP contribution >= 0.6 is 0 Å². The van der Waals surface area contributed by atoms with Crippen molar-refractivity contribution in [3.63, 3.8) is 0 Å². The van der Waals surface area contributed by atoms with Gasteiger partial charge in [-0.2, -0.15) is 0 Å². The molecule has 1 nitrogen and oxygen atoms in total. The maximum absolute atomic E-state index is 6.42. The number of benzene rings is 7. The maximum atomic E-state index is 6.42. The first-order valence-electron chi connectivity index (χ1n) is 12.4. The molecule has 1 heteroatoms. The molecular formula is C34H21N. The Kier molecular flexibility index (Phi) is 3.09. The molecule has 0 aromatic heterocycles. The van der Waals surface area contributed by atoms with Gasteiger partial charge in [0.05, 0.1) is 0 Å². The highest BCUT2D eigenvalue weighted by Crippen LogP contribution is 2.50. The molecule has 9 rings (SSSR count). The highest BCUT2D eigenvalue weighted by atomic mass is 14.6. The summed E-state index contributed by atoms with van der Waals surface area (Å²) in [7, 11) is 0. The lowest BCUT2D eigenvalue weighted by molar-refractivity contribution is 1.20. The SMILES string of the molecule is Nc1cccc2c1Cc1ccc3c4ccc5c6c(ccc(c7ccc-2c1c37)c64)Cc1ccccc1-5. The molecule has 0 bridgehead atoms. The Balaban J connectivity index is 1.49. The second-order valence-corrected chi connectivity index (χ2v) is 10.2. The molecular weight excluding hydrogens is 422 g/mol. The fourth-order valence-electron chi connectivity index (χ4n) is 7.16. The van der Waals surface area contributed by atoms with E-state index in [2.05, 4.69) is 84.9 Å². The van der Waals surface area contributed by atoms with Crippen molar-refractivity contribution >= 4 is 48.8 Å². The monoisotopic (exact) mass is 443 g/mol. The second kappa shape index (κ2) is 6.00. The van der Waals surface area contributed by atoms with Crippen LogP contribution in [0.15, 0.2) is 91.0 Å². The highest BCUT2D eigenvalue weighted by molar-refractivity contribution is 6.36. The van der Waals surface area contributed by atoms with Crippen LogP contribution in [0.2, 0.25) is 0 Å². The number of rotatable bonds is 0. The summed E-state index contributed by atoms with van der Waals surface area (Å²) < 4.78 is 0. The van der Waals surface area contributed by atoms with Crippen LogP contribution in [0.1, 0.15) is 22.3 Å². The van der Waals surface area contributed by atoms with Gasteiger partial charge in [-0.3, -0.25) is 0 Å². The molecule has 0 saturated carbocycles. The summed E-state index contributed by atoms with van der Waals surface area (Å²) in [6.07, 6.45) is 1.90. The summed E-state index contributed by atoms with van der Waals surface area (Å²) in [5, 5.41) is 11.1. The van der Waals surface area contributed by atoms with Gasteiger partial charge in [0, 0.05) is 12.1 Å². The van der Waals surface area contributed by atoms with Crippen molar-refractivity contribution in [2.24, 2.45) is 0 Å². The number of nitrogens with two attached hydrogens (primary N) is 1. The van der Waals surface area contributed by atoms with Crippen LogP contribution in [0.4, 0.5) is 5.69 Å². The molecule has 2 aliphatic rings. The van der Waals surface area contributed by atoms with Gasteiger partial charge in [0.1, 0.15) is 0 Å². The molecule has 0 aliphatic heterocycles. The highest BCUT2D eigenvalue weighted by Gasteiger charge is 2.25. The van der Waals surface area contributed by atoms with E-state index in [1.807, 2.05) is 6.07 Å². The Morgan fingerprint density at radius 3 is 1.69 bits per heavy atom. The van der Waals surface area contributed by atoms with Gasteiger partial charge in [-0.25, -0.2) is 0 Å². The summed E-state index contributed by atoms with van der Waals surface area (Å²) in [6.45, 7) is 0. The zero-order valence-electron chi connectivity index (χ0n) is 19.2. The van der Waals surface area contributed by atoms with Crippen LogP contribution < -0.4 is 5.73 Å². The lowest BCUT2D eigenvalue weighted by atomic mass is 9.77. The van der Waals surface area contributed by atoms with Gasteiger partial charge >= 0.3 is 0 Å². The molecule has 0 saturated heterocycles. The Hall–Kier alpha value is -4.36. The summed E-state index contributed by atoms with van der Waals surface area (Å²) >= 11 is 0. The van der Waals surface area contributed by atoms with E-state index in [1.54, 1.807) is 0 Å². The molecule has 162 valence electrons. The van der Waals surface area contributed by atoms with Crippen molar-refractivity contribution in [2.75, 3.05) is 5.73 Å². The van der Waals surface area contributed by atoms with Gasteiger partial charge in [-0.05, 0) is 100 Å². The Morgan fingerprint density at radius 1 is 0.400 bits per heavy atom. The van der Waals surface area contributed by atoms with Crippen molar-refractivity contribution in [3.8, 4) is 22.3 Å². The van der Waals surface area contributed by atoms with E-state index < -0.39 is 0 Å². The number of hydrogen-bond acceptors (Lipinski definition) is 1. The van der Waals surface area contributed by atoms with Crippen LogP contribution in [-0.4, -0.2) is 0 Å². The average Bonchev–Trinajstić information content (AvgIpc) is 2.90. The van der Waals surface area contributed by atoms with E-state index in [4.69, 9.17) is 5.73 Å². The third kappa shape index (κ3) is 2.07. The minimum atomic E-state index is 0.895. The van der Waals surface area contributed by atoms with E-state index in [0.29, 0.717) is 0 Å². The van der Waals surface area contributed by atoms with Gasteiger partial charge in [-0.15, -0.1) is 0 Å². The molecule has 0 amide bonds. The van der Waals surface area contributed by atoms with Crippen molar-refractivity contribution in [1.29, 1.82) is 0 Å². The van der Waals surface area contributed by atoms with Gasteiger partial charge in [-0.1, -0.05) is 84.9 Å². The van der Waals surface area contributed by atoms with E-state index >= 15 is 0 Å². The zero-order valence-corrected chi connectivity index (χ0v) is 19.2. The predicted octanol–water partition coefficient (Wildman–Crippen LogP) is 8.46. The number of hydrogen-bond donors (Lipinski definition) is 1. The first kappa shape index (κ1) is 18.0. The van der Waals surface area contributed by atoms with E-state index in [-0.39, 0.29) is 0 Å². The first-order chi connectivity index (χ1) is 17.3. The Labute approximate surface area is 202 Å². The van der Waals surface area contributed by atoms with Crippen LogP contribution in [0.25, 0.3) is 65.3 Å². The Bertz CT molecular complexity index is 2040. The Morgan fingerprint density at radius 2 is 0.971 bits per heavy atom. The maximum Gasteiger partial charge on any atom is 0.0356 e. The molecule has 7 aromatic carbocycles. The van der Waals surface area contributed by atoms with Crippen molar-refractivity contribution in [1.82, 2.24) is 0 Å². The van der Waals surface area contributed by atoms with Gasteiger partial charge in [0.25, 0.3) is 0 Å². The number of anilines is 1. The smallest absolute Gasteiger partial charge is 0.0356 e. The van der Waals surface area contributed by atoms with Crippen LogP contribution in [0.3, 0.4) is 0 Å². The van der Waals surface area contributed by atoms with E-state index in [1.165, 1.54) is 87.6 Å². The third-order valence-electron chi connectivity index (χ3n) is 8.63. The van der Waals surface area contributed by atoms with Crippen molar-refractivity contribution in [3.05, 3.63) is 113 Å².